The van der Waals surface area contributed by atoms with Crippen molar-refractivity contribution in [2.75, 3.05) is 0 Å². The summed E-state index contributed by atoms with van der Waals surface area (Å²) in [6.45, 7) is 1.85. The van der Waals surface area contributed by atoms with Crippen molar-refractivity contribution >= 4 is 0 Å². The molecule has 4 heteroatoms. The van der Waals surface area contributed by atoms with E-state index >= 15 is 0 Å². The van der Waals surface area contributed by atoms with Crippen LogP contribution in [0, 0.1) is 0 Å². The Morgan fingerprint density at radius 3 is 2.73 bits per heavy atom. The predicted octanol–water partition coefficient (Wildman–Crippen LogP) is 1.79. The third-order valence-electron chi connectivity index (χ3n) is 2.23. The maximum Gasteiger partial charge on any atom is 0.248 e. The molecule has 2 rings (SSSR count). The van der Waals surface area contributed by atoms with Gasteiger partial charge in [-0.1, -0.05) is 25.1 Å². The van der Waals surface area contributed by atoms with Gasteiger partial charge in [-0.25, -0.2) is 0 Å². The molecule has 1 aromatic carbocycles. The average molecular weight is 204 g/mol. The standard InChI is InChI=1S/C11H12N2O2/c1-2-8-5-3-4-6-9(8)11-13-12-10(7-14)15-11/h3-6,14H,2,7H2,1H3. The van der Waals surface area contributed by atoms with Gasteiger partial charge in [0.25, 0.3) is 0 Å². The zero-order chi connectivity index (χ0) is 10.7. The summed E-state index contributed by atoms with van der Waals surface area (Å²) in [4.78, 5) is 0. The van der Waals surface area contributed by atoms with E-state index in [2.05, 4.69) is 17.1 Å². The van der Waals surface area contributed by atoms with E-state index in [9.17, 15) is 0 Å². The van der Waals surface area contributed by atoms with E-state index in [4.69, 9.17) is 9.52 Å². The summed E-state index contributed by atoms with van der Waals surface area (Å²) >= 11 is 0. The van der Waals surface area contributed by atoms with Crippen LogP contribution < -0.4 is 0 Å². The monoisotopic (exact) mass is 204 g/mol. The first-order valence-corrected chi connectivity index (χ1v) is 4.86. The van der Waals surface area contributed by atoms with Crippen molar-refractivity contribution < 1.29 is 9.52 Å². The lowest BCUT2D eigenvalue weighted by Crippen LogP contribution is -1.86. The van der Waals surface area contributed by atoms with Crippen molar-refractivity contribution in [1.29, 1.82) is 0 Å². The lowest BCUT2D eigenvalue weighted by Gasteiger charge is -2.01. The van der Waals surface area contributed by atoms with Gasteiger partial charge in [0, 0.05) is 5.56 Å². The number of hydrogen-bond acceptors (Lipinski definition) is 4. The Labute approximate surface area is 87.6 Å². The Morgan fingerprint density at radius 2 is 2.07 bits per heavy atom. The number of nitrogens with zero attached hydrogens (tertiary/aromatic N) is 2. The highest BCUT2D eigenvalue weighted by atomic mass is 16.4. The molecule has 0 amide bonds. The first-order valence-electron chi connectivity index (χ1n) is 4.86. The molecule has 0 saturated heterocycles. The molecule has 2 aromatic rings. The number of benzene rings is 1. The summed E-state index contributed by atoms with van der Waals surface area (Å²) < 4.78 is 5.29. The van der Waals surface area contributed by atoms with Crippen molar-refractivity contribution in [3.63, 3.8) is 0 Å². The van der Waals surface area contributed by atoms with Gasteiger partial charge < -0.3 is 9.52 Å². The van der Waals surface area contributed by atoms with Gasteiger partial charge in [0.1, 0.15) is 6.61 Å². The topological polar surface area (TPSA) is 59.2 Å². The largest absolute Gasteiger partial charge is 0.418 e. The molecule has 0 radical (unpaired) electrons. The number of aryl methyl sites for hydroxylation is 1. The Hall–Kier alpha value is -1.68. The number of hydrogen-bond donors (Lipinski definition) is 1. The maximum atomic E-state index is 8.83. The molecule has 4 nitrogen and oxygen atoms in total. The van der Waals surface area contributed by atoms with Crippen LogP contribution in [-0.4, -0.2) is 15.3 Å². The molecule has 1 N–H and O–H groups in total. The molecule has 78 valence electrons. The van der Waals surface area contributed by atoms with Crippen LogP contribution in [0.2, 0.25) is 0 Å². The molecule has 0 bridgehead atoms. The Morgan fingerprint density at radius 1 is 1.27 bits per heavy atom. The van der Waals surface area contributed by atoms with Gasteiger partial charge in [0.05, 0.1) is 0 Å². The highest BCUT2D eigenvalue weighted by Gasteiger charge is 2.10. The zero-order valence-electron chi connectivity index (χ0n) is 8.47. The van der Waals surface area contributed by atoms with E-state index in [1.165, 1.54) is 0 Å². The zero-order valence-corrected chi connectivity index (χ0v) is 8.47. The molecule has 1 aromatic heterocycles. The second-order valence-electron chi connectivity index (χ2n) is 3.17. The van der Waals surface area contributed by atoms with Gasteiger partial charge >= 0.3 is 0 Å². The number of aliphatic hydroxyl groups is 1. The van der Waals surface area contributed by atoms with Crippen molar-refractivity contribution in [3.05, 3.63) is 35.7 Å². The fourth-order valence-corrected chi connectivity index (χ4v) is 1.46. The molecule has 0 aliphatic heterocycles. The van der Waals surface area contributed by atoms with E-state index in [0.29, 0.717) is 5.89 Å². The molecule has 0 unspecified atom stereocenters. The van der Waals surface area contributed by atoms with Crippen LogP contribution in [0.15, 0.2) is 28.7 Å². The lowest BCUT2D eigenvalue weighted by atomic mass is 10.1. The van der Waals surface area contributed by atoms with Crippen LogP contribution >= 0.6 is 0 Å². The third kappa shape index (κ3) is 1.89. The van der Waals surface area contributed by atoms with Gasteiger partial charge in [-0.05, 0) is 18.1 Å². The van der Waals surface area contributed by atoms with Crippen LogP contribution in [0.4, 0.5) is 0 Å². The Balaban J connectivity index is 2.44. The predicted molar refractivity (Wildman–Crippen MR) is 55.0 cm³/mol. The first kappa shape index (κ1) is 9.86. The minimum atomic E-state index is -0.221. The van der Waals surface area contributed by atoms with E-state index in [1.807, 2.05) is 24.3 Å². The van der Waals surface area contributed by atoms with Gasteiger partial charge in [-0.15, -0.1) is 10.2 Å². The van der Waals surface area contributed by atoms with E-state index in [0.717, 1.165) is 17.5 Å². The van der Waals surface area contributed by atoms with E-state index in [-0.39, 0.29) is 12.5 Å². The van der Waals surface area contributed by atoms with Gasteiger partial charge in [0.15, 0.2) is 0 Å². The second-order valence-corrected chi connectivity index (χ2v) is 3.17. The molecule has 0 saturated carbocycles. The van der Waals surface area contributed by atoms with Crippen molar-refractivity contribution in [1.82, 2.24) is 10.2 Å². The van der Waals surface area contributed by atoms with Gasteiger partial charge in [-0.2, -0.15) is 0 Å². The van der Waals surface area contributed by atoms with Crippen molar-refractivity contribution in [2.45, 2.75) is 20.0 Å². The van der Waals surface area contributed by atoms with E-state index in [1.54, 1.807) is 0 Å². The summed E-state index contributed by atoms with van der Waals surface area (Å²) in [6.07, 6.45) is 0.910. The molecular weight excluding hydrogens is 192 g/mol. The summed E-state index contributed by atoms with van der Waals surface area (Å²) in [6, 6.07) is 7.87. The quantitative estimate of drug-likeness (QED) is 0.828. The smallest absolute Gasteiger partial charge is 0.248 e. The van der Waals surface area contributed by atoms with Crippen LogP contribution in [0.25, 0.3) is 11.5 Å². The van der Waals surface area contributed by atoms with Gasteiger partial charge in [-0.3, -0.25) is 0 Å². The lowest BCUT2D eigenvalue weighted by molar-refractivity contribution is 0.241. The third-order valence-corrected chi connectivity index (χ3v) is 2.23. The molecule has 0 spiro atoms. The van der Waals surface area contributed by atoms with Crippen LogP contribution in [0.5, 0.6) is 0 Å². The number of aliphatic hydroxyl groups excluding tert-OH is 1. The SMILES string of the molecule is CCc1ccccc1-c1nnc(CO)o1. The highest BCUT2D eigenvalue weighted by Crippen LogP contribution is 2.22. The summed E-state index contributed by atoms with van der Waals surface area (Å²) in [5.74, 6) is 0.715. The Kier molecular flexibility index (Phi) is 2.78. The van der Waals surface area contributed by atoms with Crippen molar-refractivity contribution in [2.24, 2.45) is 0 Å². The summed E-state index contributed by atoms with van der Waals surface area (Å²) in [5.41, 5.74) is 2.10. The molecule has 0 fully saturated rings. The number of aromatic nitrogens is 2. The molecule has 15 heavy (non-hydrogen) atoms. The van der Waals surface area contributed by atoms with E-state index < -0.39 is 0 Å². The molecule has 0 aliphatic rings. The van der Waals surface area contributed by atoms with Crippen LogP contribution in [0.3, 0.4) is 0 Å². The van der Waals surface area contributed by atoms with Crippen LogP contribution in [-0.2, 0) is 13.0 Å². The fourth-order valence-electron chi connectivity index (χ4n) is 1.46. The first-order chi connectivity index (χ1) is 7.35. The fraction of sp³-hybridized carbons (Fsp3) is 0.273. The maximum absolute atomic E-state index is 8.83. The second kappa shape index (κ2) is 4.23. The summed E-state index contributed by atoms with van der Waals surface area (Å²) in [5, 5.41) is 16.4. The normalized spacial score (nSPS) is 10.5. The number of rotatable bonds is 3. The Bertz CT molecular complexity index is 451. The summed E-state index contributed by atoms with van der Waals surface area (Å²) in [7, 11) is 0. The molecule has 0 aliphatic carbocycles. The average Bonchev–Trinajstić information content (AvgIpc) is 2.77. The van der Waals surface area contributed by atoms with Crippen LogP contribution in [0.1, 0.15) is 18.4 Å². The van der Waals surface area contributed by atoms with Gasteiger partial charge in [0.2, 0.25) is 11.8 Å². The molecule has 0 atom stereocenters. The molecular formula is C11H12N2O2. The minimum absolute atomic E-state index is 0.221. The highest BCUT2D eigenvalue weighted by molar-refractivity contribution is 5.58. The molecule has 1 heterocycles. The minimum Gasteiger partial charge on any atom is -0.418 e. The van der Waals surface area contributed by atoms with Crippen molar-refractivity contribution in [3.8, 4) is 11.5 Å².